The minimum atomic E-state index is -0.659. The second kappa shape index (κ2) is 10.2. The lowest BCUT2D eigenvalue weighted by Crippen LogP contribution is -2.42. The average Bonchev–Trinajstić information content (AvgIpc) is 3.36. The van der Waals surface area contributed by atoms with Crippen LogP contribution in [0.5, 0.6) is 5.75 Å². The van der Waals surface area contributed by atoms with Crippen LogP contribution in [0, 0.1) is 0 Å². The Morgan fingerprint density at radius 3 is 2.51 bits per heavy atom. The average molecular weight is 495 g/mol. The Balaban J connectivity index is 1.33. The topological polar surface area (TPSA) is 115 Å². The lowest BCUT2D eigenvalue weighted by molar-refractivity contribution is -0.117. The van der Waals surface area contributed by atoms with Crippen molar-refractivity contribution in [1.82, 2.24) is 20.6 Å². The lowest BCUT2D eigenvalue weighted by atomic mass is 10.1. The molecule has 0 radical (unpaired) electrons. The maximum atomic E-state index is 13.0. The van der Waals surface area contributed by atoms with Gasteiger partial charge in [0.1, 0.15) is 5.76 Å². The molecule has 9 heteroatoms. The van der Waals surface area contributed by atoms with Crippen molar-refractivity contribution in [3.05, 3.63) is 112 Å². The van der Waals surface area contributed by atoms with E-state index in [0.29, 0.717) is 27.9 Å². The number of furan rings is 1. The molecule has 184 valence electrons. The molecular formula is C28H22N4O5. The number of hydrazine groups is 1. The van der Waals surface area contributed by atoms with Crippen LogP contribution >= 0.6 is 0 Å². The third-order valence-electron chi connectivity index (χ3n) is 5.70. The number of aromatic nitrogens is 2. The van der Waals surface area contributed by atoms with Gasteiger partial charge in [-0.05, 0) is 29.8 Å². The van der Waals surface area contributed by atoms with Crippen molar-refractivity contribution in [3.8, 4) is 5.75 Å². The summed E-state index contributed by atoms with van der Waals surface area (Å²) < 4.78 is 12.3. The zero-order valence-corrected chi connectivity index (χ0v) is 19.8. The van der Waals surface area contributed by atoms with Crippen molar-refractivity contribution in [2.24, 2.45) is 0 Å². The van der Waals surface area contributed by atoms with Crippen molar-refractivity contribution in [1.29, 1.82) is 0 Å². The van der Waals surface area contributed by atoms with E-state index in [4.69, 9.17) is 9.15 Å². The number of para-hydroxylation sites is 1. The van der Waals surface area contributed by atoms with E-state index < -0.39 is 11.8 Å². The van der Waals surface area contributed by atoms with Crippen LogP contribution < -0.4 is 21.1 Å². The second-order valence-corrected chi connectivity index (χ2v) is 8.15. The number of fused-ring (bicyclic) bond motifs is 2. The minimum absolute atomic E-state index is 0.0137. The molecular weight excluding hydrogens is 472 g/mol. The lowest BCUT2D eigenvalue weighted by Gasteiger charge is -2.11. The Morgan fingerprint density at radius 1 is 0.973 bits per heavy atom. The Hall–Kier alpha value is -5.18. The molecule has 5 rings (SSSR count). The molecule has 0 spiro atoms. The number of nitrogens with zero attached hydrogens (tertiary/aromatic N) is 2. The molecule has 3 aromatic carbocycles. The fourth-order valence-electron chi connectivity index (χ4n) is 3.94. The maximum Gasteiger partial charge on any atom is 0.290 e. The van der Waals surface area contributed by atoms with Crippen LogP contribution in [0.4, 0.5) is 0 Å². The minimum Gasteiger partial charge on any atom is -0.493 e. The van der Waals surface area contributed by atoms with Gasteiger partial charge in [0.05, 0.1) is 19.0 Å². The van der Waals surface area contributed by atoms with Gasteiger partial charge in [0.25, 0.3) is 17.4 Å². The van der Waals surface area contributed by atoms with E-state index in [-0.39, 0.29) is 17.8 Å². The smallest absolute Gasteiger partial charge is 0.290 e. The molecule has 5 aromatic rings. The Bertz CT molecular complexity index is 1700. The summed E-state index contributed by atoms with van der Waals surface area (Å²) in [4.78, 5) is 38.3. The first-order valence-corrected chi connectivity index (χ1v) is 11.4. The number of benzene rings is 3. The molecule has 0 fully saturated rings. The molecule has 37 heavy (non-hydrogen) atoms. The molecule has 2 amide bonds. The summed E-state index contributed by atoms with van der Waals surface area (Å²) in [6.07, 6.45) is 2.71. The normalized spacial score (nSPS) is 11.2. The maximum absolute atomic E-state index is 13.0. The number of carbonyl (C=O) groups is 2. The molecule has 0 saturated heterocycles. The first kappa shape index (κ1) is 23.6. The van der Waals surface area contributed by atoms with Crippen LogP contribution in [0.1, 0.15) is 21.8 Å². The molecule has 0 unspecified atom stereocenters. The second-order valence-electron chi connectivity index (χ2n) is 8.15. The number of rotatable bonds is 6. The van der Waals surface area contributed by atoms with E-state index in [1.165, 1.54) is 16.8 Å². The van der Waals surface area contributed by atoms with Gasteiger partial charge in [-0.15, -0.1) is 0 Å². The number of nitrogens with one attached hydrogen (secondary N) is 2. The molecule has 0 bridgehead atoms. The van der Waals surface area contributed by atoms with Gasteiger partial charge in [0, 0.05) is 16.8 Å². The quantitative estimate of drug-likeness (QED) is 0.275. The first-order valence-electron chi connectivity index (χ1n) is 11.4. The Morgan fingerprint density at radius 2 is 1.73 bits per heavy atom. The standard InChI is InChI=1S/C28H22N4O5/c1-36-23-13-7-10-19-16-20(37-26(19)23)14-15-24(33)29-30-27(34)25-21-11-5-6-12-22(21)28(35)32(31-25)17-18-8-3-2-4-9-18/h2-16H,17H2,1H3,(H,29,33)(H,30,34)/b15-14+. The van der Waals surface area contributed by atoms with Crippen molar-refractivity contribution in [3.63, 3.8) is 0 Å². The number of methoxy groups -OCH3 is 1. The molecule has 2 N–H and O–H groups in total. The largest absolute Gasteiger partial charge is 0.493 e. The van der Waals surface area contributed by atoms with E-state index in [0.717, 1.165) is 10.9 Å². The molecule has 0 aliphatic heterocycles. The van der Waals surface area contributed by atoms with Gasteiger partial charge in [-0.3, -0.25) is 25.2 Å². The molecule has 0 aliphatic carbocycles. The number of amides is 2. The fourth-order valence-corrected chi connectivity index (χ4v) is 3.94. The molecule has 9 nitrogen and oxygen atoms in total. The summed E-state index contributed by atoms with van der Waals surface area (Å²) in [7, 11) is 1.55. The van der Waals surface area contributed by atoms with Crippen molar-refractivity contribution in [2.45, 2.75) is 6.54 Å². The van der Waals surface area contributed by atoms with E-state index in [9.17, 15) is 14.4 Å². The van der Waals surface area contributed by atoms with Gasteiger partial charge < -0.3 is 9.15 Å². The molecule has 0 aliphatic rings. The van der Waals surface area contributed by atoms with E-state index in [2.05, 4.69) is 16.0 Å². The summed E-state index contributed by atoms with van der Waals surface area (Å²) >= 11 is 0. The monoisotopic (exact) mass is 494 g/mol. The summed E-state index contributed by atoms with van der Waals surface area (Å²) in [5.41, 5.74) is 5.83. The van der Waals surface area contributed by atoms with Gasteiger partial charge in [0.2, 0.25) is 0 Å². The highest BCUT2D eigenvalue weighted by Crippen LogP contribution is 2.28. The third kappa shape index (κ3) is 4.96. The Kier molecular flexibility index (Phi) is 6.50. The van der Waals surface area contributed by atoms with Crippen molar-refractivity contribution < 1.29 is 18.7 Å². The summed E-state index contributed by atoms with van der Waals surface area (Å²) in [5.74, 6) is -0.209. The third-order valence-corrected chi connectivity index (χ3v) is 5.70. The molecule has 0 saturated carbocycles. The van der Waals surface area contributed by atoms with Crippen LogP contribution in [0.2, 0.25) is 0 Å². The molecule has 0 atom stereocenters. The van der Waals surface area contributed by atoms with Crippen LogP contribution in [-0.4, -0.2) is 28.7 Å². The predicted octanol–water partition coefficient (Wildman–Crippen LogP) is 3.67. The number of hydrogen-bond donors (Lipinski definition) is 2. The SMILES string of the molecule is COc1cccc2cc(/C=C/C(=O)NNC(=O)c3nn(Cc4ccccc4)c(=O)c4ccccc34)oc12. The van der Waals surface area contributed by atoms with E-state index >= 15 is 0 Å². The highest BCUT2D eigenvalue weighted by molar-refractivity contribution is 6.05. The highest BCUT2D eigenvalue weighted by Gasteiger charge is 2.17. The zero-order valence-electron chi connectivity index (χ0n) is 19.8. The number of hydrogen-bond acceptors (Lipinski definition) is 6. The number of carbonyl (C=O) groups excluding carboxylic acids is 2. The van der Waals surface area contributed by atoms with Gasteiger partial charge in [-0.1, -0.05) is 60.7 Å². The van der Waals surface area contributed by atoms with Crippen LogP contribution in [0.25, 0.3) is 27.8 Å². The summed E-state index contributed by atoms with van der Waals surface area (Å²) in [6, 6.07) is 23.3. The summed E-state index contributed by atoms with van der Waals surface area (Å²) in [6.45, 7) is 0.197. The highest BCUT2D eigenvalue weighted by atomic mass is 16.5. The summed E-state index contributed by atoms with van der Waals surface area (Å²) in [5, 5.41) is 5.87. The van der Waals surface area contributed by atoms with Crippen molar-refractivity contribution in [2.75, 3.05) is 7.11 Å². The molecule has 2 heterocycles. The van der Waals surface area contributed by atoms with Crippen LogP contribution in [0.15, 0.2) is 94.2 Å². The van der Waals surface area contributed by atoms with Gasteiger partial charge >= 0.3 is 0 Å². The van der Waals surface area contributed by atoms with E-state index in [1.807, 2.05) is 42.5 Å². The van der Waals surface area contributed by atoms with Gasteiger partial charge in [-0.2, -0.15) is 5.10 Å². The van der Waals surface area contributed by atoms with Crippen molar-refractivity contribution >= 4 is 39.6 Å². The van der Waals surface area contributed by atoms with E-state index in [1.54, 1.807) is 43.5 Å². The number of ether oxygens (including phenoxy) is 1. The fraction of sp³-hybridized carbons (Fsp3) is 0.0714. The van der Waals surface area contributed by atoms with Crippen LogP contribution in [0.3, 0.4) is 0 Å². The molecule has 2 aromatic heterocycles. The Labute approximate surface area is 210 Å². The predicted molar refractivity (Wildman–Crippen MR) is 139 cm³/mol. The van der Waals surface area contributed by atoms with Gasteiger partial charge in [-0.25, -0.2) is 4.68 Å². The van der Waals surface area contributed by atoms with Crippen LogP contribution in [-0.2, 0) is 11.3 Å². The zero-order chi connectivity index (χ0) is 25.8. The first-order chi connectivity index (χ1) is 18.0. The van der Waals surface area contributed by atoms with Gasteiger partial charge in [0.15, 0.2) is 17.0 Å².